The number of halogens is 4. The quantitative estimate of drug-likeness (QED) is 0.585. The topological polar surface area (TPSA) is 61.4 Å². The Morgan fingerprint density at radius 1 is 0.970 bits per heavy atom. The van der Waals surface area contributed by atoms with Crippen molar-refractivity contribution >= 4 is 40.2 Å². The summed E-state index contributed by atoms with van der Waals surface area (Å²) in [6.07, 6.45) is -2.51. The van der Waals surface area contributed by atoms with Crippen LogP contribution in [0.15, 0.2) is 42.5 Å². The lowest BCUT2D eigenvalue weighted by molar-refractivity contribution is -0.138. The molecule has 6 nitrogen and oxygen atoms in total. The number of nitrogens with zero attached hydrogens (tertiary/aromatic N) is 4. The highest BCUT2D eigenvalue weighted by Crippen LogP contribution is 2.36. The van der Waals surface area contributed by atoms with Gasteiger partial charge in [0.15, 0.2) is 11.6 Å². The summed E-state index contributed by atoms with van der Waals surface area (Å²) in [5, 5.41) is 3.23. The summed E-state index contributed by atoms with van der Waals surface area (Å²) in [4.78, 5) is 26.0. The summed E-state index contributed by atoms with van der Waals surface area (Å²) < 4.78 is 40.4. The average Bonchev–Trinajstić information content (AvgIpc) is 3.62. The van der Waals surface area contributed by atoms with Gasteiger partial charge in [0.25, 0.3) is 5.91 Å². The van der Waals surface area contributed by atoms with Crippen molar-refractivity contribution in [2.45, 2.75) is 25.1 Å². The third kappa shape index (κ3) is 4.42. The van der Waals surface area contributed by atoms with Crippen LogP contribution in [0.2, 0.25) is 5.02 Å². The molecule has 1 amide bonds. The molecular weight excluding hydrogens is 455 g/mol. The van der Waals surface area contributed by atoms with Crippen molar-refractivity contribution in [3.63, 3.8) is 0 Å². The molecule has 0 spiro atoms. The molecule has 10 heteroatoms. The summed E-state index contributed by atoms with van der Waals surface area (Å²) >= 11 is 6.02. The zero-order valence-corrected chi connectivity index (χ0v) is 18.3. The molecule has 1 aliphatic heterocycles. The van der Waals surface area contributed by atoms with E-state index in [2.05, 4.69) is 5.32 Å². The zero-order chi connectivity index (χ0) is 23.2. The molecule has 1 N–H and O–H groups in total. The van der Waals surface area contributed by atoms with Gasteiger partial charge in [-0.1, -0.05) is 29.8 Å². The fourth-order valence-electron chi connectivity index (χ4n) is 3.99. The number of hydrogen-bond donors (Lipinski definition) is 1. The van der Waals surface area contributed by atoms with Crippen molar-refractivity contribution < 1.29 is 18.0 Å². The van der Waals surface area contributed by atoms with Gasteiger partial charge in [0.2, 0.25) is 0 Å². The Balaban J connectivity index is 1.38. The van der Waals surface area contributed by atoms with Crippen molar-refractivity contribution in [2.75, 3.05) is 36.4 Å². The SMILES string of the molecule is O=C(c1c(Cl)cccc1C(F)(F)F)N1CCN(c2nc3ccccc3nc2NC2CC2)CC1. The minimum absolute atomic E-state index is 0.200. The van der Waals surface area contributed by atoms with E-state index in [0.717, 1.165) is 29.9 Å². The lowest BCUT2D eigenvalue weighted by atomic mass is 10.1. The number of fused-ring (bicyclic) bond motifs is 1. The Kier molecular flexibility index (Phi) is 5.52. The smallest absolute Gasteiger partial charge is 0.364 e. The van der Waals surface area contributed by atoms with E-state index in [4.69, 9.17) is 21.6 Å². The first-order valence-electron chi connectivity index (χ1n) is 10.7. The molecule has 5 rings (SSSR count). The van der Waals surface area contributed by atoms with Gasteiger partial charge in [-0.3, -0.25) is 4.79 Å². The highest BCUT2D eigenvalue weighted by Gasteiger charge is 2.38. The molecule has 2 fully saturated rings. The van der Waals surface area contributed by atoms with Gasteiger partial charge < -0.3 is 15.1 Å². The minimum atomic E-state index is -4.66. The number of piperazine rings is 1. The normalized spacial score (nSPS) is 16.8. The average molecular weight is 476 g/mol. The standard InChI is InChI=1S/C23H21ClF3N5O/c24-16-5-3-4-15(23(25,26)27)19(16)22(33)32-12-10-31(11-13-32)21-20(28-14-8-9-14)29-17-6-1-2-7-18(17)30-21/h1-7,14H,8-13H2,(H,28,29). The van der Waals surface area contributed by atoms with Crippen LogP contribution in [0.3, 0.4) is 0 Å². The number of carbonyl (C=O) groups excluding carboxylic acids is 1. The Hall–Kier alpha value is -3.07. The monoisotopic (exact) mass is 475 g/mol. The summed E-state index contributed by atoms with van der Waals surface area (Å²) in [5.41, 5.74) is 0.0373. The van der Waals surface area contributed by atoms with E-state index in [0.29, 0.717) is 30.8 Å². The Morgan fingerprint density at radius 2 is 1.64 bits per heavy atom. The van der Waals surface area contributed by atoms with Crippen LogP contribution in [-0.2, 0) is 6.18 Å². The maximum absolute atomic E-state index is 13.5. The number of anilines is 2. The van der Waals surface area contributed by atoms with E-state index in [9.17, 15) is 18.0 Å². The van der Waals surface area contributed by atoms with E-state index in [1.54, 1.807) is 0 Å². The van der Waals surface area contributed by atoms with E-state index in [1.165, 1.54) is 17.0 Å². The number of para-hydroxylation sites is 2. The predicted molar refractivity (Wildman–Crippen MR) is 121 cm³/mol. The maximum Gasteiger partial charge on any atom is 0.417 e. The van der Waals surface area contributed by atoms with Crippen molar-refractivity contribution in [3.05, 3.63) is 58.6 Å². The second-order valence-electron chi connectivity index (χ2n) is 8.24. The van der Waals surface area contributed by atoms with Gasteiger partial charge in [0, 0.05) is 32.2 Å². The van der Waals surface area contributed by atoms with Crippen LogP contribution in [0.5, 0.6) is 0 Å². The molecule has 0 radical (unpaired) electrons. The van der Waals surface area contributed by atoms with E-state index < -0.39 is 23.2 Å². The van der Waals surface area contributed by atoms with Gasteiger partial charge in [-0.05, 0) is 37.1 Å². The molecule has 172 valence electrons. The van der Waals surface area contributed by atoms with Gasteiger partial charge in [-0.15, -0.1) is 0 Å². The van der Waals surface area contributed by atoms with E-state index >= 15 is 0 Å². The minimum Gasteiger partial charge on any atom is -0.364 e. The second kappa shape index (κ2) is 8.37. The molecule has 2 aromatic carbocycles. The number of hydrogen-bond acceptors (Lipinski definition) is 5. The number of nitrogens with one attached hydrogen (secondary N) is 1. The number of aromatic nitrogens is 2. The predicted octanol–water partition coefficient (Wildman–Crippen LogP) is 4.84. The van der Waals surface area contributed by atoms with Crippen molar-refractivity contribution in [1.82, 2.24) is 14.9 Å². The second-order valence-corrected chi connectivity index (χ2v) is 8.65. The van der Waals surface area contributed by atoms with Crippen molar-refractivity contribution in [1.29, 1.82) is 0 Å². The highest BCUT2D eigenvalue weighted by molar-refractivity contribution is 6.34. The molecule has 0 atom stereocenters. The first-order chi connectivity index (χ1) is 15.8. The largest absolute Gasteiger partial charge is 0.417 e. The van der Waals surface area contributed by atoms with Gasteiger partial charge in [0.05, 0.1) is 27.2 Å². The fraction of sp³-hybridized carbons (Fsp3) is 0.348. The fourth-order valence-corrected chi connectivity index (χ4v) is 4.24. The Morgan fingerprint density at radius 3 is 2.27 bits per heavy atom. The summed E-state index contributed by atoms with van der Waals surface area (Å²) in [6.45, 7) is 1.34. The summed E-state index contributed by atoms with van der Waals surface area (Å²) in [5.74, 6) is 0.677. The molecule has 2 aliphatic rings. The van der Waals surface area contributed by atoms with Crippen LogP contribution in [-0.4, -0.2) is 53.0 Å². The van der Waals surface area contributed by atoms with Crippen molar-refractivity contribution in [3.8, 4) is 0 Å². The van der Waals surface area contributed by atoms with Crippen LogP contribution in [0, 0.1) is 0 Å². The third-order valence-electron chi connectivity index (χ3n) is 5.87. The molecule has 2 heterocycles. The number of benzene rings is 2. The molecule has 1 saturated carbocycles. The van der Waals surface area contributed by atoms with Gasteiger partial charge in [-0.2, -0.15) is 13.2 Å². The molecule has 0 bridgehead atoms. The number of amides is 1. The zero-order valence-electron chi connectivity index (χ0n) is 17.6. The molecule has 0 unspecified atom stereocenters. The molecular formula is C23H21ClF3N5O. The molecule has 1 aliphatic carbocycles. The summed E-state index contributed by atoms with van der Waals surface area (Å²) in [7, 11) is 0. The number of alkyl halides is 3. The lowest BCUT2D eigenvalue weighted by Gasteiger charge is -2.36. The van der Waals surface area contributed by atoms with Gasteiger partial charge >= 0.3 is 6.18 Å². The van der Waals surface area contributed by atoms with Crippen LogP contribution in [0.25, 0.3) is 11.0 Å². The van der Waals surface area contributed by atoms with E-state index in [-0.39, 0.29) is 18.1 Å². The third-order valence-corrected chi connectivity index (χ3v) is 6.18. The summed E-state index contributed by atoms with van der Waals surface area (Å²) in [6, 6.07) is 11.4. The van der Waals surface area contributed by atoms with Crippen LogP contribution in [0.4, 0.5) is 24.8 Å². The molecule has 1 saturated heterocycles. The van der Waals surface area contributed by atoms with Crippen LogP contribution in [0.1, 0.15) is 28.8 Å². The molecule has 33 heavy (non-hydrogen) atoms. The molecule has 1 aromatic heterocycles. The molecule has 3 aromatic rings. The van der Waals surface area contributed by atoms with Crippen LogP contribution >= 0.6 is 11.6 Å². The lowest BCUT2D eigenvalue weighted by Crippen LogP contribution is -2.49. The van der Waals surface area contributed by atoms with Crippen molar-refractivity contribution in [2.24, 2.45) is 0 Å². The van der Waals surface area contributed by atoms with Gasteiger partial charge in [0.1, 0.15) is 0 Å². The van der Waals surface area contributed by atoms with E-state index in [1.807, 2.05) is 29.2 Å². The number of carbonyl (C=O) groups is 1. The maximum atomic E-state index is 13.5. The first-order valence-corrected chi connectivity index (χ1v) is 11.1. The first kappa shape index (κ1) is 21.8. The number of rotatable bonds is 4. The van der Waals surface area contributed by atoms with Crippen LogP contribution < -0.4 is 10.2 Å². The highest BCUT2D eigenvalue weighted by atomic mass is 35.5. The Bertz CT molecular complexity index is 1210. The van der Waals surface area contributed by atoms with Gasteiger partial charge in [-0.25, -0.2) is 9.97 Å². The Labute approximate surface area is 193 Å².